The van der Waals surface area contributed by atoms with Crippen molar-refractivity contribution in [2.45, 2.75) is 19.1 Å². The van der Waals surface area contributed by atoms with Gasteiger partial charge in [0.2, 0.25) is 0 Å². The lowest BCUT2D eigenvalue weighted by atomic mass is 10.1. The van der Waals surface area contributed by atoms with Gasteiger partial charge in [-0.2, -0.15) is 5.10 Å². The minimum absolute atomic E-state index is 0.198. The van der Waals surface area contributed by atoms with Crippen molar-refractivity contribution in [1.82, 2.24) is 20.0 Å². The van der Waals surface area contributed by atoms with Gasteiger partial charge in [-0.3, -0.25) is 9.58 Å². The second-order valence-electron chi connectivity index (χ2n) is 4.45. The van der Waals surface area contributed by atoms with Gasteiger partial charge in [0.05, 0.1) is 24.4 Å². The summed E-state index contributed by atoms with van der Waals surface area (Å²) in [7, 11) is 3.95. The van der Waals surface area contributed by atoms with Gasteiger partial charge in [0, 0.05) is 26.3 Å². The van der Waals surface area contributed by atoms with Crippen LogP contribution >= 0.6 is 0 Å². The van der Waals surface area contributed by atoms with Gasteiger partial charge in [0.25, 0.3) is 0 Å². The average molecular weight is 238 g/mol. The Morgan fingerprint density at radius 1 is 1.65 bits per heavy atom. The molecule has 2 unspecified atom stereocenters. The van der Waals surface area contributed by atoms with Gasteiger partial charge in [0.1, 0.15) is 0 Å². The third kappa shape index (κ3) is 2.68. The molecule has 2 atom stereocenters. The first-order valence-corrected chi connectivity index (χ1v) is 6.25. The van der Waals surface area contributed by atoms with Crippen molar-refractivity contribution in [3.05, 3.63) is 18.0 Å². The molecule has 17 heavy (non-hydrogen) atoms. The molecule has 1 aliphatic rings. The van der Waals surface area contributed by atoms with Crippen LogP contribution in [-0.4, -0.2) is 54.1 Å². The molecule has 2 heterocycles. The summed E-state index contributed by atoms with van der Waals surface area (Å²) < 4.78 is 7.81. The number of nitrogens with zero attached hydrogens (tertiary/aromatic N) is 3. The van der Waals surface area contributed by atoms with Crippen LogP contribution in [0.3, 0.4) is 0 Å². The molecule has 0 spiro atoms. The Hall–Kier alpha value is -0.910. The first-order chi connectivity index (χ1) is 8.26. The highest BCUT2D eigenvalue weighted by atomic mass is 16.5. The predicted octanol–water partition coefficient (Wildman–Crippen LogP) is 0.401. The summed E-state index contributed by atoms with van der Waals surface area (Å²) in [6.45, 7) is 6.11. The topological polar surface area (TPSA) is 42.3 Å². The molecule has 0 saturated carbocycles. The Bertz CT molecular complexity index is 352. The number of aromatic nitrogens is 2. The van der Waals surface area contributed by atoms with E-state index in [-0.39, 0.29) is 12.1 Å². The molecule has 0 amide bonds. The lowest BCUT2D eigenvalue weighted by molar-refractivity contribution is -0.0456. The van der Waals surface area contributed by atoms with Gasteiger partial charge >= 0.3 is 0 Å². The molecule has 0 radical (unpaired) electrons. The van der Waals surface area contributed by atoms with Gasteiger partial charge in [0.15, 0.2) is 0 Å². The van der Waals surface area contributed by atoms with Crippen LogP contribution in [0.5, 0.6) is 0 Å². The fraction of sp³-hybridized carbons (Fsp3) is 0.750. The van der Waals surface area contributed by atoms with Crippen LogP contribution in [0, 0.1) is 0 Å². The molecule has 1 aromatic rings. The summed E-state index contributed by atoms with van der Waals surface area (Å²) in [5, 5.41) is 7.57. The third-order valence-electron chi connectivity index (χ3n) is 3.49. The van der Waals surface area contributed by atoms with Crippen LogP contribution in [0.15, 0.2) is 12.3 Å². The van der Waals surface area contributed by atoms with Crippen molar-refractivity contribution in [2.24, 2.45) is 7.05 Å². The van der Waals surface area contributed by atoms with Crippen LogP contribution in [0.1, 0.15) is 18.7 Å². The summed E-state index contributed by atoms with van der Waals surface area (Å²) in [6, 6.07) is 2.26. The molecule has 1 N–H and O–H groups in total. The van der Waals surface area contributed by atoms with Crippen molar-refractivity contribution in [1.29, 1.82) is 0 Å². The Labute approximate surface area is 103 Å². The normalized spacial score (nSPS) is 23.8. The minimum atomic E-state index is 0.198. The van der Waals surface area contributed by atoms with Gasteiger partial charge in [-0.05, 0) is 19.7 Å². The molecule has 5 heteroatoms. The molecule has 1 fully saturated rings. The number of likely N-dealkylation sites (N-methyl/N-ethyl adjacent to an activating group) is 2. The highest BCUT2D eigenvalue weighted by molar-refractivity contribution is 5.09. The van der Waals surface area contributed by atoms with E-state index in [1.165, 1.54) is 5.69 Å². The van der Waals surface area contributed by atoms with Gasteiger partial charge in [-0.15, -0.1) is 0 Å². The Morgan fingerprint density at radius 2 is 2.47 bits per heavy atom. The predicted molar refractivity (Wildman–Crippen MR) is 66.9 cm³/mol. The molecule has 0 bridgehead atoms. The van der Waals surface area contributed by atoms with E-state index in [0.29, 0.717) is 0 Å². The van der Waals surface area contributed by atoms with E-state index in [4.69, 9.17) is 4.74 Å². The second-order valence-corrected chi connectivity index (χ2v) is 4.45. The number of ether oxygens (including phenoxy) is 1. The molecule has 1 aromatic heterocycles. The first kappa shape index (κ1) is 12.5. The van der Waals surface area contributed by atoms with Crippen molar-refractivity contribution >= 4 is 0 Å². The molecule has 1 aliphatic heterocycles. The van der Waals surface area contributed by atoms with Crippen LogP contribution in [0.2, 0.25) is 0 Å². The molecule has 1 saturated heterocycles. The van der Waals surface area contributed by atoms with Gasteiger partial charge < -0.3 is 10.1 Å². The largest absolute Gasteiger partial charge is 0.374 e. The Morgan fingerprint density at radius 3 is 3.06 bits per heavy atom. The molecule has 0 aliphatic carbocycles. The van der Waals surface area contributed by atoms with Crippen molar-refractivity contribution in [3.63, 3.8) is 0 Å². The van der Waals surface area contributed by atoms with Crippen molar-refractivity contribution in [2.75, 3.05) is 33.3 Å². The summed E-state index contributed by atoms with van der Waals surface area (Å²) in [6.07, 6.45) is 2.03. The lowest BCUT2D eigenvalue weighted by Crippen LogP contribution is -2.47. The number of nitrogens with one attached hydrogen (secondary N) is 1. The summed E-state index contributed by atoms with van der Waals surface area (Å²) in [4.78, 5) is 2.43. The quantitative estimate of drug-likeness (QED) is 0.824. The minimum Gasteiger partial charge on any atom is -0.374 e. The molecule has 0 aromatic carbocycles. The smallest absolute Gasteiger partial charge is 0.0912 e. The number of hydrogen-bond acceptors (Lipinski definition) is 4. The van der Waals surface area contributed by atoms with E-state index in [9.17, 15) is 0 Å². The van der Waals surface area contributed by atoms with Crippen LogP contribution in [-0.2, 0) is 11.8 Å². The maximum Gasteiger partial charge on any atom is 0.0912 e. The zero-order valence-electron chi connectivity index (χ0n) is 10.9. The zero-order valence-corrected chi connectivity index (χ0v) is 10.9. The Balaban J connectivity index is 2.10. The zero-order chi connectivity index (χ0) is 12.3. The average Bonchev–Trinajstić information content (AvgIpc) is 2.77. The number of rotatable bonds is 4. The van der Waals surface area contributed by atoms with E-state index >= 15 is 0 Å². The summed E-state index contributed by atoms with van der Waals surface area (Å²) in [5.74, 6) is 0. The van der Waals surface area contributed by atoms with E-state index in [2.05, 4.69) is 28.3 Å². The van der Waals surface area contributed by atoms with Gasteiger partial charge in [-0.25, -0.2) is 0 Å². The number of aryl methyl sites for hydroxylation is 1. The lowest BCUT2D eigenvalue weighted by Gasteiger charge is -2.36. The fourth-order valence-corrected chi connectivity index (χ4v) is 2.43. The molecule has 5 nitrogen and oxygen atoms in total. The first-order valence-electron chi connectivity index (χ1n) is 6.25. The fourth-order valence-electron chi connectivity index (χ4n) is 2.43. The van der Waals surface area contributed by atoms with Crippen LogP contribution in [0.25, 0.3) is 0 Å². The molecular formula is C12H22N4O. The van der Waals surface area contributed by atoms with Crippen molar-refractivity contribution < 1.29 is 4.74 Å². The highest BCUT2D eigenvalue weighted by Gasteiger charge is 2.29. The molecule has 2 rings (SSSR count). The van der Waals surface area contributed by atoms with Gasteiger partial charge in [-0.1, -0.05) is 6.92 Å². The van der Waals surface area contributed by atoms with Crippen molar-refractivity contribution in [3.8, 4) is 0 Å². The SMILES string of the molecule is CCN1CCOC(C(NC)c2ccnn2C)C1. The van der Waals surface area contributed by atoms with E-state index in [1.807, 2.05) is 25.0 Å². The highest BCUT2D eigenvalue weighted by Crippen LogP contribution is 2.21. The maximum atomic E-state index is 5.90. The third-order valence-corrected chi connectivity index (χ3v) is 3.49. The van der Waals surface area contributed by atoms with Crippen LogP contribution in [0.4, 0.5) is 0 Å². The summed E-state index contributed by atoms with van der Waals surface area (Å²) >= 11 is 0. The number of morpholine rings is 1. The van der Waals surface area contributed by atoms with E-state index in [0.717, 1.165) is 26.2 Å². The molecule has 96 valence electrons. The maximum absolute atomic E-state index is 5.90. The standard InChI is InChI=1S/C12H22N4O/c1-4-16-7-8-17-11(9-16)12(13-2)10-5-6-14-15(10)3/h5-6,11-13H,4,7-9H2,1-3H3. The molecular weight excluding hydrogens is 216 g/mol. The Kier molecular flexibility index (Phi) is 4.15. The van der Waals surface area contributed by atoms with E-state index < -0.39 is 0 Å². The monoisotopic (exact) mass is 238 g/mol. The number of hydrogen-bond donors (Lipinski definition) is 1. The van der Waals surface area contributed by atoms with Crippen LogP contribution < -0.4 is 5.32 Å². The second kappa shape index (κ2) is 5.62. The summed E-state index contributed by atoms with van der Waals surface area (Å²) in [5.41, 5.74) is 1.18. The van der Waals surface area contributed by atoms with E-state index in [1.54, 1.807) is 0 Å².